The Hall–Kier alpha value is -1.26. The van der Waals surface area contributed by atoms with E-state index in [2.05, 4.69) is 0 Å². The Labute approximate surface area is 119 Å². The summed E-state index contributed by atoms with van der Waals surface area (Å²) in [5.41, 5.74) is 7.18. The average Bonchev–Trinajstić information content (AvgIpc) is 2.54. The summed E-state index contributed by atoms with van der Waals surface area (Å²) in [6.45, 7) is 1.15. The molecule has 0 spiro atoms. The molecule has 1 aromatic carbocycles. The smallest absolute Gasteiger partial charge is 0.161 e. The highest BCUT2D eigenvalue weighted by atomic mass is 16.6. The molecule has 1 heterocycles. The van der Waals surface area contributed by atoms with Crippen LogP contribution >= 0.6 is 0 Å². The third kappa shape index (κ3) is 2.76. The second-order valence-electron chi connectivity index (χ2n) is 5.82. The van der Waals surface area contributed by atoms with E-state index in [-0.39, 0.29) is 6.04 Å². The molecule has 4 heteroatoms. The van der Waals surface area contributed by atoms with Crippen molar-refractivity contribution in [1.29, 1.82) is 0 Å². The van der Waals surface area contributed by atoms with Gasteiger partial charge in [0, 0.05) is 0 Å². The summed E-state index contributed by atoms with van der Waals surface area (Å²) in [6, 6.07) is 5.38. The summed E-state index contributed by atoms with van der Waals surface area (Å²) in [5, 5.41) is 10.5. The Morgan fingerprint density at radius 1 is 1.05 bits per heavy atom. The van der Waals surface area contributed by atoms with Crippen LogP contribution in [0, 0.1) is 5.92 Å². The molecule has 1 aromatic rings. The number of ether oxygens (including phenoxy) is 2. The first-order valence-electron chi connectivity index (χ1n) is 7.59. The van der Waals surface area contributed by atoms with Crippen molar-refractivity contribution in [2.24, 2.45) is 11.7 Å². The third-order valence-corrected chi connectivity index (χ3v) is 4.45. The Balaban J connectivity index is 1.74. The predicted molar refractivity (Wildman–Crippen MR) is 76.9 cm³/mol. The Morgan fingerprint density at radius 3 is 2.50 bits per heavy atom. The van der Waals surface area contributed by atoms with Crippen molar-refractivity contribution >= 4 is 0 Å². The van der Waals surface area contributed by atoms with Gasteiger partial charge in [-0.2, -0.15) is 0 Å². The zero-order valence-corrected chi connectivity index (χ0v) is 11.8. The number of benzene rings is 1. The molecule has 20 heavy (non-hydrogen) atoms. The lowest BCUT2D eigenvalue weighted by molar-refractivity contribution is 0.0616. The van der Waals surface area contributed by atoms with E-state index in [4.69, 9.17) is 15.2 Å². The maximum atomic E-state index is 10.5. The Kier molecular flexibility index (Phi) is 4.13. The lowest BCUT2D eigenvalue weighted by Crippen LogP contribution is -2.34. The highest BCUT2D eigenvalue weighted by Crippen LogP contribution is 2.35. The summed E-state index contributed by atoms with van der Waals surface area (Å²) < 4.78 is 11.1. The first-order chi connectivity index (χ1) is 9.75. The standard InChI is InChI=1S/C16H23NO3/c17-15(16(18)11-4-2-1-3-5-11)12-6-7-13-14(10-12)20-9-8-19-13/h6-7,10-11,15-16,18H,1-5,8-9,17H2/t15-,16+/m0/s1. The van der Waals surface area contributed by atoms with Crippen LogP contribution in [0.15, 0.2) is 18.2 Å². The van der Waals surface area contributed by atoms with Crippen molar-refractivity contribution in [2.75, 3.05) is 13.2 Å². The monoisotopic (exact) mass is 277 g/mol. The maximum Gasteiger partial charge on any atom is 0.161 e. The minimum absolute atomic E-state index is 0.326. The zero-order chi connectivity index (χ0) is 13.9. The van der Waals surface area contributed by atoms with Gasteiger partial charge in [0.2, 0.25) is 0 Å². The molecular formula is C16H23NO3. The topological polar surface area (TPSA) is 64.7 Å². The van der Waals surface area contributed by atoms with Crippen molar-refractivity contribution in [1.82, 2.24) is 0 Å². The Bertz CT molecular complexity index is 457. The van der Waals surface area contributed by atoms with Crippen LogP contribution in [-0.4, -0.2) is 24.4 Å². The molecule has 2 aliphatic rings. The van der Waals surface area contributed by atoms with Crippen molar-refractivity contribution in [3.05, 3.63) is 23.8 Å². The lowest BCUT2D eigenvalue weighted by atomic mass is 9.81. The van der Waals surface area contributed by atoms with Gasteiger partial charge < -0.3 is 20.3 Å². The number of fused-ring (bicyclic) bond motifs is 1. The van der Waals surface area contributed by atoms with E-state index in [1.807, 2.05) is 18.2 Å². The van der Waals surface area contributed by atoms with Crippen LogP contribution in [0.25, 0.3) is 0 Å². The Morgan fingerprint density at radius 2 is 1.75 bits per heavy atom. The van der Waals surface area contributed by atoms with Gasteiger partial charge in [-0.3, -0.25) is 0 Å². The van der Waals surface area contributed by atoms with E-state index in [1.54, 1.807) is 0 Å². The molecule has 110 valence electrons. The fourth-order valence-corrected chi connectivity index (χ4v) is 3.23. The fourth-order valence-electron chi connectivity index (χ4n) is 3.23. The highest BCUT2D eigenvalue weighted by molar-refractivity contribution is 5.44. The van der Waals surface area contributed by atoms with E-state index in [9.17, 15) is 5.11 Å². The fraction of sp³-hybridized carbons (Fsp3) is 0.625. The van der Waals surface area contributed by atoms with E-state index in [1.165, 1.54) is 19.3 Å². The first-order valence-corrected chi connectivity index (χ1v) is 7.59. The summed E-state index contributed by atoms with van der Waals surface area (Å²) in [6.07, 6.45) is 5.38. The number of nitrogens with two attached hydrogens (primary N) is 1. The molecule has 3 N–H and O–H groups in total. The van der Waals surface area contributed by atoms with Crippen LogP contribution in [0.5, 0.6) is 11.5 Å². The van der Waals surface area contributed by atoms with Gasteiger partial charge >= 0.3 is 0 Å². The first kappa shape index (κ1) is 13.7. The second-order valence-corrected chi connectivity index (χ2v) is 5.82. The van der Waals surface area contributed by atoms with Gasteiger partial charge in [-0.15, -0.1) is 0 Å². The highest BCUT2D eigenvalue weighted by Gasteiger charge is 2.28. The number of hydrogen-bond acceptors (Lipinski definition) is 4. The number of aliphatic hydroxyl groups excluding tert-OH is 1. The van der Waals surface area contributed by atoms with Gasteiger partial charge in [-0.1, -0.05) is 25.3 Å². The van der Waals surface area contributed by atoms with Gasteiger partial charge in [0.05, 0.1) is 12.1 Å². The summed E-state index contributed by atoms with van der Waals surface area (Å²) in [7, 11) is 0. The molecule has 3 rings (SSSR count). The second kappa shape index (κ2) is 6.02. The molecule has 0 aromatic heterocycles. The summed E-state index contributed by atoms with van der Waals surface area (Å²) in [5.74, 6) is 1.83. The summed E-state index contributed by atoms with van der Waals surface area (Å²) >= 11 is 0. The molecule has 1 aliphatic carbocycles. The average molecular weight is 277 g/mol. The largest absolute Gasteiger partial charge is 0.486 e. The number of rotatable bonds is 3. The lowest BCUT2D eigenvalue weighted by Gasteiger charge is -2.31. The summed E-state index contributed by atoms with van der Waals surface area (Å²) in [4.78, 5) is 0. The molecule has 0 bridgehead atoms. The van der Waals surface area contributed by atoms with E-state index >= 15 is 0 Å². The minimum atomic E-state index is -0.474. The molecule has 0 unspecified atom stereocenters. The molecule has 0 radical (unpaired) electrons. The molecule has 0 amide bonds. The van der Waals surface area contributed by atoms with Crippen LogP contribution in [0.3, 0.4) is 0 Å². The SMILES string of the molecule is N[C@@H](c1ccc2c(c1)OCCO2)[C@H](O)C1CCCCC1. The van der Waals surface area contributed by atoms with Crippen molar-refractivity contribution in [2.45, 2.75) is 44.2 Å². The third-order valence-electron chi connectivity index (χ3n) is 4.45. The quantitative estimate of drug-likeness (QED) is 0.890. The van der Waals surface area contributed by atoms with Gasteiger partial charge in [0.25, 0.3) is 0 Å². The van der Waals surface area contributed by atoms with Gasteiger partial charge in [-0.25, -0.2) is 0 Å². The van der Waals surface area contributed by atoms with Crippen molar-refractivity contribution in [3.8, 4) is 11.5 Å². The van der Waals surface area contributed by atoms with Crippen LogP contribution < -0.4 is 15.2 Å². The zero-order valence-electron chi connectivity index (χ0n) is 11.8. The van der Waals surface area contributed by atoms with Crippen molar-refractivity contribution < 1.29 is 14.6 Å². The van der Waals surface area contributed by atoms with Gasteiger partial charge in [0.1, 0.15) is 13.2 Å². The van der Waals surface area contributed by atoms with Crippen molar-refractivity contribution in [3.63, 3.8) is 0 Å². The normalized spacial score (nSPS) is 22.3. The van der Waals surface area contributed by atoms with Gasteiger partial charge in [-0.05, 0) is 36.5 Å². The van der Waals surface area contributed by atoms with Crippen LogP contribution in [0.1, 0.15) is 43.7 Å². The van der Waals surface area contributed by atoms with Gasteiger partial charge in [0.15, 0.2) is 11.5 Å². The number of hydrogen-bond donors (Lipinski definition) is 2. The molecule has 1 fully saturated rings. The van der Waals surface area contributed by atoms with E-state index in [0.717, 1.165) is 29.9 Å². The predicted octanol–water partition coefficient (Wildman–Crippen LogP) is 2.40. The molecule has 2 atom stereocenters. The van der Waals surface area contributed by atoms with E-state index in [0.29, 0.717) is 19.1 Å². The molecule has 1 saturated carbocycles. The molecule has 0 saturated heterocycles. The molecule has 1 aliphatic heterocycles. The van der Waals surface area contributed by atoms with E-state index < -0.39 is 6.10 Å². The molecule has 4 nitrogen and oxygen atoms in total. The van der Waals surface area contributed by atoms with Crippen LogP contribution in [0.4, 0.5) is 0 Å². The number of aliphatic hydroxyl groups is 1. The van der Waals surface area contributed by atoms with Crippen LogP contribution in [-0.2, 0) is 0 Å². The maximum absolute atomic E-state index is 10.5. The minimum Gasteiger partial charge on any atom is -0.486 e. The molecular weight excluding hydrogens is 254 g/mol. The van der Waals surface area contributed by atoms with Crippen LogP contribution in [0.2, 0.25) is 0 Å².